The largest absolute Gasteiger partial charge is 0.361 e. The van der Waals surface area contributed by atoms with E-state index >= 15 is 0 Å². The molecule has 1 heterocycles. The van der Waals surface area contributed by atoms with Crippen LogP contribution in [0, 0.1) is 0 Å². The highest BCUT2D eigenvalue weighted by atomic mass is 35.5. The van der Waals surface area contributed by atoms with E-state index in [0.717, 1.165) is 24.2 Å². The molecule has 2 aromatic carbocycles. The van der Waals surface area contributed by atoms with Crippen molar-refractivity contribution < 1.29 is 4.79 Å². The lowest BCUT2D eigenvalue weighted by atomic mass is 10.1. The average Bonchev–Trinajstić information content (AvgIpc) is 2.98. The Labute approximate surface area is 146 Å². The standard InChI is InChI=1S/C19H20ClN3O/c20-15-4-3-5-16(12-15)23-19(24)9-11-21-10-8-14-13-22-18-7-2-1-6-17(14)18/h1-7,12-13,21-22H,8-11H2,(H,23,24). The third kappa shape index (κ3) is 4.37. The molecule has 0 fully saturated rings. The van der Waals surface area contributed by atoms with Crippen molar-refractivity contribution in [1.82, 2.24) is 10.3 Å². The Balaban J connectivity index is 1.38. The van der Waals surface area contributed by atoms with E-state index in [0.29, 0.717) is 18.0 Å². The number of aromatic amines is 1. The number of carbonyl (C=O) groups excluding carboxylic acids is 1. The molecule has 3 N–H and O–H groups in total. The zero-order valence-electron chi connectivity index (χ0n) is 13.3. The number of benzene rings is 2. The number of amides is 1. The Hall–Kier alpha value is -2.30. The summed E-state index contributed by atoms with van der Waals surface area (Å²) in [4.78, 5) is 15.2. The van der Waals surface area contributed by atoms with Gasteiger partial charge in [-0.25, -0.2) is 0 Å². The third-order valence-electron chi connectivity index (χ3n) is 3.88. The highest BCUT2D eigenvalue weighted by Crippen LogP contribution is 2.17. The minimum Gasteiger partial charge on any atom is -0.361 e. The highest BCUT2D eigenvalue weighted by molar-refractivity contribution is 6.30. The Morgan fingerprint density at radius 2 is 1.96 bits per heavy atom. The van der Waals surface area contributed by atoms with Gasteiger partial charge in [0.25, 0.3) is 0 Å². The quantitative estimate of drug-likeness (QED) is 0.569. The van der Waals surface area contributed by atoms with Crippen molar-refractivity contribution in [2.45, 2.75) is 12.8 Å². The Bertz CT molecular complexity index is 828. The first-order chi connectivity index (χ1) is 11.7. The van der Waals surface area contributed by atoms with Crippen molar-refractivity contribution in [3.05, 3.63) is 65.3 Å². The van der Waals surface area contributed by atoms with Crippen LogP contribution in [0.4, 0.5) is 5.69 Å². The first-order valence-corrected chi connectivity index (χ1v) is 8.41. The zero-order chi connectivity index (χ0) is 16.8. The summed E-state index contributed by atoms with van der Waals surface area (Å²) in [5, 5.41) is 8.04. The van der Waals surface area contributed by atoms with Gasteiger partial charge in [-0.05, 0) is 42.8 Å². The molecule has 124 valence electrons. The molecule has 0 atom stereocenters. The summed E-state index contributed by atoms with van der Waals surface area (Å²) in [7, 11) is 0. The summed E-state index contributed by atoms with van der Waals surface area (Å²) in [5.41, 5.74) is 3.18. The van der Waals surface area contributed by atoms with Crippen molar-refractivity contribution in [3.63, 3.8) is 0 Å². The summed E-state index contributed by atoms with van der Waals surface area (Å²) in [6, 6.07) is 15.4. The van der Waals surface area contributed by atoms with Crippen LogP contribution in [0.1, 0.15) is 12.0 Å². The van der Waals surface area contributed by atoms with Gasteiger partial charge in [0, 0.05) is 40.8 Å². The van der Waals surface area contributed by atoms with Gasteiger partial charge < -0.3 is 15.6 Å². The molecule has 5 heteroatoms. The van der Waals surface area contributed by atoms with Crippen LogP contribution in [0.3, 0.4) is 0 Å². The molecule has 0 aliphatic rings. The molecule has 0 saturated heterocycles. The molecule has 3 rings (SSSR count). The predicted molar refractivity (Wildman–Crippen MR) is 99.6 cm³/mol. The smallest absolute Gasteiger partial charge is 0.225 e. The van der Waals surface area contributed by atoms with Gasteiger partial charge in [0.05, 0.1) is 0 Å². The van der Waals surface area contributed by atoms with Gasteiger partial charge in [0.15, 0.2) is 0 Å². The molecule has 0 radical (unpaired) electrons. The van der Waals surface area contributed by atoms with Crippen LogP contribution in [-0.4, -0.2) is 24.0 Å². The second-order valence-electron chi connectivity index (χ2n) is 5.67. The number of anilines is 1. The maximum atomic E-state index is 11.9. The second-order valence-corrected chi connectivity index (χ2v) is 6.10. The van der Waals surface area contributed by atoms with Crippen LogP contribution in [0.15, 0.2) is 54.7 Å². The minimum atomic E-state index is -0.0168. The average molecular weight is 342 g/mol. The molecule has 0 bridgehead atoms. The molecule has 3 aromatic rings. The zero-order valence-corrected chi connectivity index (χ0v) is 14.1. The van der Waals surface area contributed by atoms with E-state index in [1.54, 1.807) is 12.1 Å². The van der Waals surface area contributed by atoms with Crippen LogP contribution in [0.5, 0.6) is 0 Å². The lowest BCUT2D eigenvalue weighted by molar-refractivity contribution is -0.116. The second kappa shape index (κ2) is 7.99. The van der Waals surface area contributed by atoms with Gasteiger partial charge in [-0.15, -0.1) is 0 Å². The monoisotopic (exact) mass is 341 g/mol. The summed E-state index contributed by atoms with van der Waals surface area (Å²) in [6.07, 6.45) is 3.42. The van der Waals surface area contributed by atoms with E-state index in [1.807, 2.05) is 24.3 Å². The van der Waals surface area contributed by atoms with E-state index in [-0.39, 0.29) is 5.91 Å². The number of halogens is 1. The summed E-state index contributed by atoms with van der Waals surface area (Å²) in [6.45, 7) is 1.49. The Morgan fingerprint density at radius 1 is 1.08 bits per heavy atom. The molecule has 0 aliphatic heterocycles. The number of fused-ring (bicyclic) bond motifs is 1. The van der Waals surface area contributed by atoms with Crippen LogP contribution in [0.25, 0.3) is 10.9 Å². The molecular formula is C19H20ClN3O. The molecule has 0 spiro atoms. The van der Waals surface area contributed by atoms with Gasteiger partial charge in [-0.3, -0.25) is 4.79 Å². The number of H-pyrrole nitrogens is 1. The van der Waals surface area contributed by atoms with Gasteiger partial charge >= 0.3 is 0 Å². The van der Waals surface area contributed by atoms with Crippen molar-refractivity contribution in [1.29, 1.82) is 0 Å². The van der Waals surface area contributed by atoms with E-state index in [1.165, 1.54) is 10.9 Å². The first-order valence-electron chi connectivity index (χ1n) is 8.03. The van der Waals surface area contributed by atoms with E-state index in [9.17, 15) is 4.79 Å². The van der Waals surface area contributed by atoms with E-state index in [2.05, 4.69) is 33.9 Å². The number of aromatic nitrogens is 1. The number of para-hydroxylation sites is 1. The fourth-order valence-electron chi connectivity index (χ4n) is 2.68. The van der Waals surface area contributed by atoms with Crippen molar-refractivity contribution in [2.24, 2.45) is 0 Å². The fraction of sp³-hybridized carbons (Fsp3) is 0.211. The van der Waals surface area contributed by atoms with Crippen molar-refractivity contribution in [2.75, 3.05) is 18.4 Å². The van der Waals surface area contributed by atoms with Crippen LogP contribution in [-0.2, 0) is 11.2 Å². The van der Waals surface area contributed by atoms with Gasteiger partial charge in [0.2, 0.25) is 5.91 Å². The summed E-state index contributed by atoms with van der Waals surface area (Å²) < 4.78 is 0. The van der Waals surface area contributed by atoms with Crippen molar-refractivity contribution >= 4 is 34.1 Å². The van der Waals surface area contributed by atoms with Gasteiger partial charge in [-0.1, -0.05) is 35.9 Å². The molecule has 24 heavy (non-hydrogen) atoms. The number of rotatable bonds is 7. The number of hydrogen-bond donors (Lipinski definition) is 3. The number of nitrogens with one attached hydrogen (secondary N) is 3. The van der Waals surface area contributed by atoms with Crippen LogP contribution < -0.4 is 10.6 Å². The molecule has 1 aromatic heterocycles. The predicted octanol–water partition coefficient (Wildman–Crippen LogP) is 3.98. The maximum absolute atomic E-state index is 11.9. The van der Waals surface area contributed by atoms with Gasteiger partial charge in [-0.2, -0.15) is 0 Å². The number of hydrogen-bond acceptors (Lipinski definition) is 2. The lowest BCUT2D eigenvalue weighted by Gasteiger charge is -2.07. The first kappa shape index (κ1) is 16.6. The minimum absolute atomic E-state index is 0.0168. The van der Waals surface area contributed by atoms with Crippen LogP contribution in [0.2, 0.25) is 5.02 Å². The van der Waals surface area contributed by atoms with Crippen LogP contribution >= 0.6 is 11.6 Å². The lowest BCUT2D eigenvalue weighted by Crippen LogP contribution is -2.23. The molecule has 4 nitrogen and oxygen atoms in total. The van der Waals surface area contributed by atoms with Gasteiger partial charge in [0.1, 0.15) is 0 Å². The molecule has 0 unspecified atom stereocenters. The Kier molecular flexibility index (Phi) is 5.51. The Morgan fingerprint density at radius 3 is 2.83 bits per heavy atom. The maximum Gasteiger partial charge on any atom is 0.225 e. The summed E-state index contributed by atoms with van der Waals surface area (Å²) >= 11 is 5.90. The highest BCUT2D eigenvalue weighted by Gasteiger charge is 2.04. The third-order valence-corrected chi connectivity index (χ3v) is 4.12. The van der Waals surface area contributed by atoms with Crippen molar-refractivity contribution in [3.8, 4) is 0 Å². The molecular weight excluding hydrogens is 322 g/mol. The molecule has 0 saturated carbocycles. The van der Waals surface area contributed by atoms with E-state index in [4.69, 9.17) is 11.6 Å². The SMILES string of the molecule is O=C(CCNCCc1c[nH]c2ccccc12)Nc1cccc(Cl)c1. The number of carbonyl (C=O) groups is 1. The summed E-state index contributed by atoms with van der Waals surface area (Å²) in [5.74, 6) is -0.0168. The molecule has 0 aliphatic carbocycles. The van der Waals surface area contributed by atoms with E-state index < -0.39 is 0 Å². The normalized spacial score (nSPS) is 10.9. The fourth-order valence-corrected chi connectivity index (χ4v) is 2.87. The molecule has 1 amide bonds. The topological polar surface area (TPSA) is 56.9 Å².